The highest BCUT2D eigenvalue weighted by Crippen LogP contribution is 2.66. The van der Waals surface area contributed by atoms with Gasteiger partial charge in [-0.3, -0.25) is 0 Å². The molecular formula is C20H29NO2. The van der Waals surface area contributed by atoms with Crippen LogP contribution in [-0.2, 0) is 0 Å². The predicted molar refractivity (Wildman–Crippen MR) is 88.3 cm³/mol. The molecule has 0 amide bonds. The average Bonchev–Trinajstić information content (AvgIpc) is 2.77. The summed E-state index contributed by atoms with van der Waals surface area (Å²) in [5, 5.41) is 31.0. The highest BCUT2D eigenvalue weighted by molar-refractivity contribution is 5.33. The van der Waals surface area contributed by atoms with Gasteiger partial charge in [-0.25, -0.2) is 0 Å². The van der Waals surface area contributed by atoms with Gasteiger partial charge in [-0.2, -0.15) is 5.26 Å². The van der Waals surface area contributed by atoms with Gasteiger partial charge in [0.2, 0.25) is 0 Å². The van der Waals surface area contributed by atoms with Crippen LogP contribution in [0.2, 0.25) is 0 Å². The molecule has 0 unspecified atom stereocenters. The van der Waals surface area contributed by atoms with E-state index in [1.54, 1.807) is 0 Å². The smallest absolute Gasteiger partial charge is 0.0815 e. The molecule has 3 fully saturated rings. The second-order valence-electron chi connectivity index (χ2n) is 9.09. The molecule has 0 saturated heterocycles. The number of rotatable bonds is 0. The lowest BCUT2D eigenvalue weighted by Gasteiger charge is -2.57. The summed E-state index contributed by atoms with van der Waals surface area (Å²) in [6, 6.07) is 2.71. The van der Waals surface area contributed by atoms with Crippen molar-refractivity contribution in [1.82, 2.24) is 0 Å². The molecule has 0 radical (unpaired) electrons. The molecule has 0 aromatic rings. The Morgan fingerprint density at radius 3 is 2.61 bits per heavy atom. The molecule has 0 heterocycles. The van der Waals surface area contributed by atoms with E-state index in [-0.39, 0.29) is 16.9 Å². The fourth-order valence-electron chi connectivity index (χ4n) is 6.74. The van der Waals surface area contributed by atoms with Crippen molar-refractivity contribution in [1.29, 1.82) is 5.26 Å². The quantitative estimate of drug-likeness (QED) is 0.672. The SMILES string of the molecule is C[C@]1(O)CC[C@H]2[C@@H]3CC=C4C[C@@H](O)CC[C@]4(C#N)[C@H]3CC[C@@]21C. The van der Waals surface area contributed by atoms with E-state index in [2.05, 4.69) is 19.1 Å². The van der Waals surface area contributed by atoms with Gasteiger partial charge in [-0.15, -0.1) is 0 Å². The second-order valence-corrected chi connectivity index (χ2v) is 9.09. The molecule has 3 nitrogen and oxygen atoms in total. The Kier molecular flexibility index (Phi) is 3.29. The van der Waals surface area contributed by atoms with Gasteiger partial charge in [0.25, 0.3) is 0 Å². The first kappa shape index (κ1) is 15.7. The fourth-order valence-corrected chi connectivity index (χ4v) is 6.74. The number of hydrogen-bond donors (Lipinski definition) is 2. The number of fused-ring (bicyclic) bond motifs is 5. The maximum absolute atomic E-state index is 10.9. The van der Waals surface area contributed by atoms with Gasteiger partial charge < -0.3 is 10.2 Å². The molecule has 0 bridgehead atoms. The van der Waals surface area contributed by atoms with Crippen molar-refractivity contribution in [2.45, 2.75) is 76.9 Å². The van der Waals surface area contributed by atoms with Gasteiger partial charge in [0.15, 0.2) is 0 Å². The Labute approximate surface area is 139 Å². The van der Waals surface area contributed by atoms with E-state index >= 15 is 0 Å². The van der Waals surface area contributed by atoms with Gasteiger partial charge in [0.1, 0.15) is 0 Å². The molecule has 2 N–H and O–H groups in total. The lowest BCUT2D eigenvalue weighted by Crippen LogP contribution is -2.54. The van der Waals surface area contributed by atoms with Crippen LogP contribution >= 0.6 is 0 Å². The molecule has 0 aromatic heterocycles. The Balaban J connectivity index is 1.73. The number of nitrogens with zero attached hydrogens (tertiary/aromatic N) is 1. The maximum atomic E-state index is 10.9. The zero-order valence-corrected chi connectivity index (χ0v) is 14.4. The standard InChI is InChI=1S/C20H29NO2/c1-18-8-6-17-15(16(18)7-9-19(18,2)23)4-3-13-11-14(22)5-10-20(13,17)12-21/h3,14-17,22-23H,4-11H2,1-2H3/t14-,15-,16-,17-,18-,19-,20+/m0/s1. The van der Waals surface area contributed by atoms with Crippen LogP contribution < -0.4 is 0 Å². The summed E-state index contributed by atoms with van der Waals surface area (Å²) in [7, 11) is 0. The van der Waals surface area contributed by atoms with Crippen LogP contribution in [0.15, 0.2) is 11.6 Å². The molecule has 4 aliphatic carbocycles. The van der Waals surface area contributed by atoms with E-state index < -0.39 is 5.60 Å². The Morgan fingerprint density at radius 1 is 1.13 bits per heavy atom. The molecule has 126 valence electrons. The molecule has 4 aliphatic rings. The van der Waals surface area contributed by atoms with Gasteiger partial charge in [0, 0.05) is 0 Å². The lowest BCUT2D eigenvalue weighted by molar-refractivity contribution is -0.111. The fraction of sp³-hybridized carbons (Fsp3) is 0.850. The Bertz CT molecular complexity index is 589. The van der Waals surface area contributed by atoms with Crippen molar-refractivity contribution in [3.8, 4) is 6.07 Å². The Morgan fingerprint density at radius 2 is 1.87 bits per heavy atom. The summed E-state index contributed by atoms with van der Waals surface area (Å²) in [4.78, 5) is 0. The number of allylic oxidation sites excluding steroid dienone is 1. The zero-order valence-electron chi connectivity index (χ0n) is 14.4. The van der Waals surface area contributed by atoms with Gasteiger partial charge in [0.05, 0.1) is 23.2 Å². The highest BCUT2D eigenvalue weighted by Gasteiger charge is 2.63. The van der Waals surface area contributed by atoms with Crippen LogP contribution in [0, 0.1) is 39.9 Å². The number of aliphatic hydroxyl groups excluding tert-OH is 1. The van der Waals surface area contributed by atoms with Gasteiger partial charge >= 0.3 is 0 Å². The van der Waals surface area contributed by atoms with E-state index in [1.165, 1.54) is 5.57 Å². The van der Waals surface area contributed by atoms with Crippen LogP contribution in [-0.4, -0.2) is 21.9 Å². The third-order valence-corrected chi connectivity index (χ3v) is 8.37. The molecule has 4 rings (SSSR count). The zero-order chi connectivity index (χ0) is 16.5. The van der Waals surface area contributed by atoms with Crippen molar-refractivity contribution in [2.24, 2.45) is 28.6 Å². The third kappa shape index (κ3) is 1.88. The maximum Gasteiger partial charge on any atom is 0.0815 e. The van der Waals surface area contributed by atoms with Crippen LogP contribution in [0.3, 0.4) is 0 Å². The minimum Gasteiger partial charge on any atom is -0.393 e. The third-order valence-electron chi connectivity index (χ3n) is 8.37. The minimum atomic E-state index is -0.560. The first-order valence-corrected chi connectivity index (χ1v) is 9.35. The van der Waals surface area contributed by atoms with Crippen molar-refractivity contribution in [3.63, 3.8) is 0 Å². The largest absolute Gasteiger partial charge is 0.393 e. The molecule has 0 aliphatic heterocycles. The summed E-state index contributed by atoms with van der Waals surface area (Å²) >= 11 is 0. The summed E-state index contributed by atoms with van der Waals surface area (Å²) in [5.74, 6) is 1.49. The molecule has 23 heavy (non-hydrogen) atoms. The minimum absolute atomic E-state index is 0.00430. The summed E-state index contributed by atoms with van der Waals surface area (Å²) in [6.45, 7) is 4.30. The van der Waals surface area contributed by atoms with E-state index in [1.807, 2.05) is 6.92 Å². The highest BCUT2D eigenvalue weighted by atomic mass is 16.3. The number of hydrogen-bond acceptors (Lipinski definition) is 3. The van der Waals surface area contributed by atoms with Crippen LogP contribution in [0.5, 0.6) is 0 Å². The van der Waals surface area contributed by atoms with Crippen LogP contribution in [0.4, 0.5) is 0 Å². The number of nitriles is 1. The normalized spacial score (nSPS) is 55.2. The van der Waals surface area contributed by atoms with Gasteiger partial charge in [-0.05, 0) is 81.5 Å². The topological polar surface area (TPSA) is 64.2 Å². The second kappa shape index (κ2) is 4.83. The predicted octanol–water partition coefficient (Wildman–Crippen LogP) is 3.56. The van der Waals surface area contributed by atoms with Crippen molar-refractivity contribution < 1.29 is 10.2 Å². The van der Waals surface area contributed by atoms with E-state index in [9.17, 15) is 15.5 Å². The van der Waals surface area contributed by atoms with Crippen molar-refractivity contribution >= 4 is 0 Å². The number of aliphatic hydroxyl groups is 2. The Hall–Kier alpha value is -0.850. The van der Waals surface area contributed by atoms with Crippen molar-refractivity contribution in [3.05, 3.63) is 11.6 Å². The van der Waals surface area contributed by atoms with Crippen molar-refractivity contribution in [2.75, 3.05) is 0 Å². The van der Waals surface area contributed by atoms with Crippen LogP contribution in [0.1, 0.15) is 65.2 Å². The molecule has 7 atom stereocenters. The molecule has 0 aromatic carbocycles. The van der Waals surface area contributed by atoms with Gasteiger partial charge in [-0.1, -0.05) is 18.6 Å². The summed E-state index contributed by atoms with van der Waals surface area (Å²) in [6.07, 6.45) is 9.39. The molecule has 0 spiro atoms. The first-order valence-electron chi connectivity index (χ1n) is 9.35. The summed E-state index contributed by atoms with van der Waals surface area (Å²) in [5.41, 5.74) is 0.325. The van der Waals surface area contributed by atoms with Crippen LogP contribution in [0.25, 0.3) is 0 Å². The summed E-state index contributed by atoms with van der Waals surface area (Å²) < 4.78 is 0. The lowest BCUT2D eigenvalue weighted by atomic mass is 9.47. The van der Waals surface area contributed by atoms with E-state index in [0.29, 0.717) is 24.2 Å². The first-order chi connectivity index (χ1) is 10.8. The van der Waals surface area contributed by atoms with E-state index in [4.69, 9.17) is 0 Å². The molecule has 3 saturated carbocycles. The molecular weight excluding hydrogens is 286 g/mol. The molecule has 3 heteroatoms. The average molecular weight is 315 g/mol. The van der Waals surface area contributed by atoms with E-state index in [0.717, 1.165) is 44.9 Å². The monoisotopic (exact) mass is 315 g/mol.